The number of para-hydroxylation sites is 1. The molecule has 2 heterocycles. The van der Waals surface area contributed by atoms with Gasteiger partial charge in [-0.05, 0) is 53.2 Å². The van der Waals surface area contributed by atoms with Crippen LogP contribution in [0.25, 0.3) is 50.5 Å². The molecule has 4 aliphatic rings. The van der Waals surface area contributed by atoms with Crippen LogP contribution in [-0.4, -0.2) is 15.0 Å². The Kier molecular flexibility index (Phi) is 6.54. The summed E-state index contributed by atoms with van der Waals surface area (Å²) < 4.78 is 6.30. The lowest BCUT2D eigenvalue weighted by Gasteiger charge is -2.34. The lowest BCUT2D eigenvalue weighted by atomic mass is 9.70. The lowest BCUT2D eigenvalue weighted by molar-refractivity contribution is 0.512. The summed E-state index contributed by atoms with van der Waals surface area (Å²) in [6.45, 7) is 0. The van der Waals surface area contributed by atoms with E-state index >= 15 is 0 Å². The van der Waals surface area contributed by atoms with Gasteiger partial charge in [0.05, 0.1) is 0 Å². The summed E-state index contributed by atoms with van der Waals surface area (Å²) >= 11 is 0. The highest BCUT2D eigenvalue weighted by Gasteiger charge is 2.34. The van der Waals surface area contributed by atoms with Gasteiger partial charge in [0.1, 0.15) is 11.2 Å². The minimum absolute atomic E-state index is 0.212. The quantitative estimate of drug-likeness (QED) is 0.194. The van der Waals surface area contributed by atoms with Gasteiger partial charge in [-0.25, -0.2) is 15.0 Å². The molecule has 234 valence electrons. The van der Waals surface area contributed by atoms with E-state index in [0.29, 0.717) is 23.5 Å². The van der Waals surface area contributed by atoms with Crippen LogP contribution >= 0.6 is 0 Å². The number of nitrogens with zero attached hydrogens (tertiary/aromatic N) is 3. The third kappa shape index (κ3) is 4.70. The van der Waals surface area contributed by atoms with Gasteiger partial charge < -0.3 is 4.42 Å². The van der Waals surface area contributed by atoms with E-state index in [1.165, 1.54) is 33.0 Å². The van der Waals surface area contributed by atoms with Gasteiger partial charge in [0, 0.05) is 45.2 Å². The van der Waals surface area contributed by atoms with Crippen molar-refractivity contribution >= 4 is 39.2 Å². The van der Waals surface area contributed by atoms with Crippen molar-refractivity contribution in [2.24, 2.45) is 11.8 Å². The molecular formula is C45H33N3O. The summed E-state index contributed by atoms with van der Waals surface area (Å²) in [7, 11) is 0. The third-order valence-electron chi connectivity index (χ3n) is 10.6. The molecule has 10 rings (SSSR count). The fourth-order valence-electron chi connectivity index (χ4n) is 8.35. The number of hydrogen-bond donors (Lipinski definition) is 0. The molecule has 0 saturated carbocycles. The van der Waals surface area contributed by atoms with E-state index in [0.717, 1.165) is 46.5 Å². The molecule has 4 aliphatic carbocycles. The monoisotopic (exact) mass is 631 g/mol. The number of furan rings is 1. The molecular weight excluding hydrogens is 599 g/mol. The largest absolute Gasteiger partial charge is 0.456 e. The first-order chi connectivity index (χ1) is 24.3. The highest BCUT2D eigenvalue weighted by atomic mass is 16.3. The summed E-state index contributed by atoms with van der Waals surface area (Å²) in [5.74, 6) is 3.22. The van der Waals surface area contributed by atoms with Crippen LogP contribution in [0.15, 0.2) is 156 Å². The van der Waals surface area contributed by atoms with Crippen LogP contribution in [0, 0.1) is 11.8 Å². The van der Waals surface area contributed by atoms with Gasteiger partial charge in [-0.3, -0.25) is 0 Å². The fraction of sp³-hybridized carbons (Fsp3) is 0.133. The molecule has 4 unspecified atom stereocenters. The first kappa shape index (κ1) is 28.2. The smallest absolute Gasteiger partial charge is 0.164 e. The summed E-state index contributed by atoms with van der Waals surface area (Å²) in [5.41, 5.74) is 10.2. The average Bonchev–Trinajstić information content (AvgIpc) is 3.56. The molecule has 49 heavy (non-hydrogen) atoms. The van der Waals surface area contributed by atoms with Crippen LogP contribution in [0.2, 0.25) is 0 Å². The molecule has 4 atom stereocenters. The number of aromatic nitrogens is 3. The van der Waals surface area contributed by atoms with Crippen molar-refractivity contribution in [1.82, 2.24) is 15.0 Å². The van der Waals surface area contributed by atoms with Crippen LogP contribution < -0.4 is 0 Å². The maximum atomic E-state index is 6.30. The van der Waals surface area contributed by atoms with Gasteiger partial charge in [0.2, 0.25) is 0 Å². The number of fused-ring (bicyclic) bond motifs is 7. The predicted molar refractivity (Wildman–Crippen MR) is 198 cm³/mol. The average molecular weight is 632 g/mol. The maximum absolute atomic E-state index is 6.30. The zero-order valence-electron chi connectivity index (χ0n) is 26.9. The normalized spacial score (nSPS) is 22.2. The summed E-state index contributed by atoms with van der Waals surface area (Å²) in [4.78, 5) is 15.5. The second kappa shape index (κ2) is 11.4. The Morgan fingerprint density at radius 2 is 1.41 bits per heavy atom. The van der Waals surface area contributed by atoms with Crippen molar-refractivity contribution in [3.8, 4) is 11.4 Å². The number of benzene rings is 4. The van der Waals surface area contributed by atoms with E-state index in [2.05, 4.69) is 127 Å². The second-order valence-electron chi connectivity index (χ2n) is 13.4. The van der Waals surface area contributed by atoms with E-state index in [-0.39, 0.29) is 11.8 Å². The molecule has 0 fully saturated rings. The molecule has 4 nitrogen and oxygen atoms in total. The Balaban J connectivity index is 1.08. The van der Waals surface area contributed by atoms with Crippen LogP contribution in [-0.2, 0) is 0 Å². The van der Waals surface area contributed by atoms with Crippen molar-refractivity contribution in [3.63, 3.8) is 0 Å². The summed E-state index contributed by atoms with van der Waals surface area (Å²) in [6, 6.07) is 33.9. The van der Waals surface area contributed by atoms with Crippen LogP contribution in [0.4, 0.5) is 0 Å². The Hall–Kier alpha value is -5.87. The Morgan fingerprint density at radius 3 is 2.37 bits per heavy atom. The molecule has 0 aliphatic heterocycles. The molecule has 2 aromatic heterocycles. The minimum atomic E-state index is 0.212. The van der Waals surface area contributed by atoms with Crippen molar-refractivity contribution < 1.29 is 4.42 Å². The maximum Gasteiger partial charge on any atom is 0.164 e. The molecule has 0 amide bonds. The molecule has 4 heteroatoms. The van der Waals surface area contributed by atoms with Gasteiger partial charge in [0.25, 0.3) is 0 Å². The van der Waals surface area contributed by atoms with Crippen molar-refractivity contribution in [1.29, 1.82) is 0 Å². The van der Waals surface area contributed by atoms with Gasteiger partial charge >= 0.3 is 0 Å². The SMILES string of the molecule is C1=CC(c2cccc3oc4ccccc4c23)C2CCC=C(c3nc(C4=CC5c6ccccc6C=CC5C=C4)nc(-c4ccccc4)n3)C2=C1. The molecule has 0 spiro atoms. The van der Waals surface area contributed by atoms with E-state index in [4.69, 9.17) is 19.4 Å². The Morgan fingerprint density at radius 1 is 0.633 bits per heavy atom. The van der Waals surface area contributed by atoms with Crippen molar-refractivity contribution in [2.75, 3.05) is 0 Å². The molecule has 0 radical (unpaired) electrons. The van der Waals surface area contributed by atoms with Crippen molar-refractivity contribution in [3.05, 3.63) is 180 Å². The van der Waals surface area contributed by atoms with Gasteiger partial charge in [0.15, 0.2) is 17.5 Å². The third-order valence-corrected chi connectivity index (χ3v) is 10.6. The first-order valence-corrected chi connectivity index (χ1v) is 17.3. The lowest BCUT2D eigenvalue weighted by Crippen LogP contribution is -2.21. The molecule has 4 aromatic carbocycles. The fourth-order valence-corrected chi connectivity index (χ4v) is 8.35. The standard InChI is InChI=1S/C45H33N3O/c1-2-12-30(13-3-1)43-46-44(31-26-25-29-24-23-28-11-4-5-14-32(28)39(29)27-31)48-45(47-43)37-20-9-16-33-34(17-8-18-35(33)37)36-19-10-22-41-42(36)38-15-6-7-21-40(38)49-41/h1-8,10-15,17-27,29,33-34,39H,9,16H2. The minimum Gasteiger partial charge on any atom is -0.456 e. The van der Waals surface area contributed by atoms with Gasteiger partial charge in [-0.15, -0.1) is 0 Å². The zero-order valence-corrected chi connectivity index (χ0v) is 26.9. The van der Waals surface area contributed by atoms with Gasteiger partial charge in [-0.1, -0.05) is 140 Å². The van der Waals surface area contributed by atoms with Crippen LogP contribution in [0.1, 0.15) is 53.0 Å². The van der Waals surface area contributed by atoms with E-state index < -0.39 is 0 Å². The van der Waals surface area contributed by atoms with Crippen molar-refractivity contribution in [2.45, 2.75) is 24.7 Å². The molecule has 0 saturated heterocycles. The van der Waals surface area contributed by atoms with E-state index in [1.807, 2.05) is 24.3 Å². The Labute approximate surface area is 285 Å². The highest BCUT2D eigenvalue weighted by molar-refractivity contribution is 6.07. The molecule has 0 bridgehead atoms. The molecule has 0 N–H and O–H groups in total. The molecule has 6 aromatic rings. The summed E-state index contributed by atoms with van der Waals surface area (Å²) in [5, 5.41) is 2.39. The highest BCUT2D eigenvalue weighted by Crippen LogP contribution is 2.48. The topological polar surface area (TPSA) is 51.8 Å². The van der Waals surface area contributed by atoms with E-state index in [9.17, 15) is 0 Å². The number of hydrogen-bond acceptors (Lipinski definition) is 4. The zero-order chi connectivity index (χ0) is 32.3. The van der Waals surface area contributed by atoms with E-state index in [1.54, 1.807) is 0 Å². The summed E-state index contributed by atoms with van der Waals surface area (Å²) in [6.07, 6.45) is 22.6. The van der Waals surface area contributed by atoms with Gasteiger partial charge in [-0.2, -0.15) is 0 Å². The first-order valence-electron chi connectivity index (χ1n) is 17.3. The number of allylic oxidation sites excluding steroid dienone is 11. The second-order valence-corrected chi connectivity index (χ2v) is 13.4. The predicted octanol–water partition coefficient (Wildman–Crippen LogP) is 10.9. The van der Waals surface area contributed by atoms with Crippen LogP contribution in [0.5, 0.6) is 0 Å². The Bertz CT molecular complexity index is 2470. The van der Waals surface area contributed by atoms with Crippen LogP contribution in [0.3, 0.4) is 0 Å². The number of rotatable bonds is 4.